The van der Waals surface area contributed by atoms with E-state index in [1.165, 1.54) is 6.20 Å². The molecule has 0 aliphatic rings. The first-order chi connectivity index (χ1) is 7.07. The van der Waals surface area contributed by atoms with Gasteiger partial charge in [-0.25, -0.2) is 0 Å². The third-order valence-corrected chi connectivity index (χ3v) is 1.88. The second kappa shape index (κ2) is 4.36. The van der Waals surface area contributed by atoms with Crippen molar-refractivity contribution in [3.8, 4) is 0 Å². The fraction of sp³-hybridized carbons (Fsp3) is 0.100. The van der Waals surface area contributed by atoms with E-state index in [2.05, 4.69) is 11.6 Å². The normalized spacial score (nSPS) is 9.60. The predicted octanol–water partition coefficient (Wildman–Crippen LogP) is 0.00790. The second-order valence-electron chi connectivity index (χ2n) is 2.91. The Morgan fingerprint density at radius 2 is 2.07 bits per heavy atom. The first-order valence-electron chi connectivity index (χ1n) is 4.26. The zero-order chi connectivity index (χ0) is 11.4. The molecule has 0 saturated heterocycles. The summed E-state index contributed by atoms with van der Waals surface area (Å²) in [4.78, 5) is 25.9. The molecule has 0 fully saturated rings. The summed E-state index contributed by atoms with van der Waals surface area (Å²) in [6.45, 7) is 3.54. The van der Waals surface area contributed by atoms with Crippen LogP contribution in [0.4, 0.5) is 0 Å². The van der Waals surface area contributed by atoms with Gasteiger partial charge in [0.15, 0.2) is 0 Å². The van der Waals surface area contributed by atoms with Crippen molar-refractivity contribution in [1.82, 2.24) is 4.98 Å². The highest BCUT2D eigenvalue weighted by Gasteiger charge is 2.17. The summed E-state index contributed by atoms with van der Waals surface area (Å²) < 4.78 is 0. The van der Waals surface area contributed by atoms with Crippen LogP contribution in [-0.4, -0.2) is 16.8 Å². The van der Waals surface area contributed by atoms with Gasteiger partial charge in [-0.3, -0.25) is 14.6 Å². The number of amides is 2. The van der Waals surface area contributed by atoms with Crippen molar-refractivity contribution in [3.05, 3.63) is 41.7 Å². The highest BCUT2D eigenvalue weighted by atomic mass is 16.2. The van der Waals surface area contributed by atoms with Crippen LogP contribution in [0.15, 0.2) is 24.9 Å². The maximum absolute atomic E-state index is 11.2. The second-order valence-corrected chi connectivity index (χ2v) is 2.91. The number of hydrogen-bond acceptors (Lipinski definition) is 3. The minimum absolute atomic E-state index is 0.0740. The third-order valence-electron chi connectivity index (χ3n) is 1.88. The van der Waals surface area contributed by atoms with Crippen LogP contribution in [0.2, 0.25) is 0 Å². The fourth-order valence-corrected chi connectivity index (χ4v) is 1.29. The molecule has 2 amide bonds. The molecular formula is C10H11N3O2. The van der Waals surface area contributed by atoms with Crippen LogP contribution in [0.5, 0.6) is 0 Å². The molecule has 78 valence electrons. The number of nitrogens with two attached hydrogens (primary N) is 2. The highest BCUT2D eigenvalue weighted by molar-refractivity contribution is 6.05. The Morgan fingerprint density at radius 1 is 1.40 bits per heavy atom. The number of primary amides is 2. The Balaban J connectivity index is 3.40. The van der Waals surface area contributed by atoms with Crippen molar-refractivity contribution in [2.24, 2.45) is 11.5 Å². The Morgan fingerprint density at radius 3 is 2.53 bits per heavy atom. The molecule has 0 unspecified atom stereocenters. The van der Waals surface area contributed by atoms with Gasteiger partial charge >= 0.3 is 0 Å². The summed E-state index contributed by atoms with van der Waals surface area (Å²) in [5, 5.41) is 0. The van der Waals surface area contributed by atoms with Crippen LogP contribution >= 0.6 is 0 Å². The van der Waals surface area contributed by atoms with Crippen LogP contribution in [0.1, 0.15) is 26.4 Å². The van der Waals surface area contributed by atoms with Gasteiger partial charge in [0, 0.05) is 6.20 Å². The minimum atomic E-state index is -0.769. The largest absolute Gasteiger partial charge is 0.366 e. The van der Waals surface area contributed by atoms with Crippen molar-refractivity contribution in [1.29, 1.82) is 0 Å². The smallest absolute Gasteiger partial charge is 0.268 e. The number of rotatable bonds is 4. The number of nitrogens with zero attached hydrogens (tertiary/aromatic N) is 1. The Hall–Kier alpha value is -2.17. The summed E-state index contributed by atoms with van der Waals surface area (Å²) in [6.07, 6.45) is 3.44. The fourth-order valence-electron chi connectivity index (χ4n) is 1.29. The molecule has 4 N–H and O–H groups in total. The molecule has 0 aliphatic heterocycles. The van der Waals surface area contributed by atoms with Crippen LogP contribution in [0.3, 0.4) is 0 Å². The summed E-state index contributed by atoms with van der Waals surface area (Å²) in [5.74, 6) is -1.48. The topological polar surface area (TPSA) is 99.1 Å². The number of carbonyl (C=O) groups is 2. The molecule has 1 rings (SSSR count). The number of pyridine rings is 1. The number of carbonyl (C=O) groups excluding carboxylic acids is 2. The van der Waals surface area contributed by atoms with Gasteiger partial charge in [-0.05, 0) is 18.1 Å². The lowest BCUT2D eigenvalue weighted by molar-refractivity contribution is 0.0962. The third kappa shape index (κ3) is 2.19. The summed E-state index contributed by atoms with van der Waals surface area (Å²) in [7, 11) is 0. The van der Waals surface area contributed by atoms with Gasteiger partial charge in [-0.1, -0.05) is 6.08 Å². The SMILES string of the molecule is C=CCc1ccnc(C(N)=O)c1C(N)=O. The van der Waals surface area contributed by atoms with E-state index in [1.807, 2.05) is 0 Å². The van der Waals surface area contributed by atoms with Crippen LogP contribution in [-0.2, 0) is 6.42 Å². The lowest BCUT2D eigenvalue weighted by Crippen LogP contribution is -2.23. The number of aromatic nitrogens is 1. The van der Waals surface area contributed by atoms with E-state index in [1.54, 1.807) is 12.1 Å². The Bertz CT molecular complexity index is 427. The highest BCUT2D eigenvalue weighted by Crippen LogP contribution is 2.12. The molecule has 1 aromatic heterocycles. The van der Waals surface area contributed by atoms with Gasteiger partial charge in [-0.2, -0.15) is 0 Å². The molecule has 1 aromatic rings. The van der Waals surface area contributed by atoms with Crippen LogP contribution in [0, 0.1) is 0 Å². The maximum Gasteiger partial charge on any atom is 0.268 e. The molecule has 0 aromatic carbocycles. The molecule has 1 heterocycles. The quantitative estimate of drug-likeness (QED) is 0.677. The summed E-state index contributed by atoms with van der Waals surface area (Å²) in [6, 6.07) is 1.61. The number of hydrogen-bond donors (Lipinski definition) is 2. The van der Waals surface area contributed by atoms with Crippen molar-refractivity contribution in [3.63, 3.8) is 0 Å². The molecule has 5 heteroatoms. The van der Waals surface area contributed by atoms with Gasteiger partial charge in [0.2, 0.25) is 0 Å². The predicted molar refractivity (Wildman–Crippen MR) is 55.2 cm³/mol. The van der Waals surface area contributed by atoms with E-state index < -0.39 is 11.8 Å². The molecule has 0 saturated carbocycles. The first-order valence-corrected chi connectivity index (χ1v) is 4.26. The lowest BCUT2D eigenvalue weighted by Gasteiger charge is -2.06. The average Bonchev–Trinajstić information content (AvgIpc) is 2.17. The van der Waals surface area contributed by atoms with Crippen LogP contribution < -0.4 is 11.5 Å². The van der Waals surface area contributed by atoms with E-state index in [0.717, 1.165) is 0 Å². The molecule has 15 heavy (non-hydrogen) atoms. The van der Waals surface area contributed by atoms with Crippen molar-refractivity contribution >= 4 is 11.8 Å². The van der Waals surface area contributed by atoms with Crippen molar-refractivity contribution in [2.75, 3.05) is 0 Å². The lowest BCUT2D eigenvalue weighted by atomic mass is 10.0. The standard InChI is InChI=1S/C10H11N3O2/c1-2-3-6-4-5-13-8(10(12)15)7(6)9(11)14/h2,4-5H,1,3H2,(H2,11,14)(H2,12,15). The van der Waals surface area contributed by atoms with Crippen molar-refractivity contribution < 1.29 is 9.59 Å². The van der Waals surface area contributed by atoms with Gasteiger partial charge in [0.05, 0.1) is 5.56 Å². The van der Waals surface area contributed by atoms with E-state index in [0.29, 0.717) is 12.0 Å². The number of allylic oxidation sites excluding steroid dienone is 1. The van der Waals surface area contributed by atoms with E-state index in [9.17, 15) is 9.59 Å². The average molecular weight is 205 g/mol. The molecule has 0 atom stereocenters. The van der Waals surface area contributed by atoms with Crippen molar-refractivity contribution in [2.45, 2.75) is 6.42 Å². The van der Waals surface area contributed by atoms with Crippen LogP contribution in [0.25, 0.3) is 0 Å². The maximum atomic E-state index is 11.2. The van der Waals surface area contributed by atoms with Gasteiger partial charge in [-0.15, -0.1) is 6.58 Å². The van der Waals surface area contributed by atoms with E-state index in [-0.39, 0.29) is 11.3 Å². The van der Waals surface area contributed by atoms with E-state index >= 15 is 0 Å². The minimum Gasteiger partial charge on any atom is -0.366 e. The monoisotopic (exact) mass is 205 g/mol. The van der Waals surface area contributed by atoms with Gasteiger partial charge in [0.1, 0.15) is 5.69 Å². The zero-order valence-electron chi connectivity index (χ0n) is 8.06. The molecule has 0 radical (unpaired) electrons. The van der Waals surface area contributed by atoms with Gasteiger partial charge in [0.25, 0.3) is 11.8 Å². The zero-order valence-corrected chi connectivity index (χ0v) is 8.06. The van der Waals surface area contributed by atoms with E-state index in [4.69, 9.17) is 11.5 Å². The molecular weight excluding hydrogens is 194 g/mol. The Labute approximate surface area is 86.8 Å². The molecule has 5 nitrogen and oxygen atoms in total. The summed E-state index contributed by atoms with van der Waals surface area (Å²) in [5.41, 5.74) is 10.8. The molecule has 0 bridgehead atoms. The molecule has 0 aliphatic carbocycles. The Kier molecular flexibility index (Phi) is 3.17. The first kappa shape index (κ1) is 10.9. The van der Waals surface area contributed by atoms with Gasteiger partial charge < -0.3 is 11.5 Å². The molecule has 0 spiro atoms. The summed E-state index contributed by atoms with van der Waals surface area (Å²) >= 11 is 0.